The number of carbonyl (C=O) groups is 2. The number of hydrogen-bond acceptors (Lipinski definition) is 7. The van der Waals surface area contributed by atoms with Gasteiger partial charge in [0.2, 0.25) is 5.91 Å². The lowest BCUT2D eigenvalue weighted by molar-refractivity contribution is -0.142. The Morgan fingerprint density at radius 1 is 1.19 bits per heavy atom. The van der Waals surface area contributed by atoms with E-state index in [0.29, 0.717) is 24.3 Å². The fourth-order valence-corrected chi connectivity index (χ4v) is 5.10. The number of ether oxygens (including phenoxy) is 3. The molecule has 2 amide bonds. The highest BCUT2D eigenvalue weighted by Gasteiger charge is 2.46. The minimum Gasteiger partial charge on any atom is -0.495 e. The minimum atomic E-state index is -1.68. The Labute approximate surface area is 222 Å². The van der Waals surface area contributed by atoms with E-state index in [0.717, 1.165) is 11.1 Å². The van der Waals surface area contributed by atoms with E-state index in [1.165, 1.54) is 14.2 Å². The maximum atomic E-state index is 12.8. The van der Waals surface area contributed by atoms with E-state index in [9.17, 15) is 19.8 Å². The molecule has 2 heterocycles. The normalized spacial score (nSPS) is 33.8. The lowest BCUT2D eigenvalue weighted by atomic mass is 9.84. The summed E-state index contributed by atoms with van der Waals surface area (Å²) in [6.45, 7) is 5.66. The van der Waals surface area contributed by atoms with Crippen molar-refractivity contribution in [1.29, 1.82) is 0 Å². The van der Waals surface area contributed by atoms with Gasteiger partial charge in [-0.15, -0.1) is 0 Å². The Bertz CT molecular complexity index is 1060. The van der Waals surface area contributed by atoms with E-state index in [4.69, 9.17) is 25.8 Å². The first-order valence-electron chi connectivity index (χ1n) is 12.4. The molecule has 1 aromatic carbocycles. The van der Waals surface area contributed by atoms with Crippen molar-refractivity contribution in [2.24, 2.45) is 11.8 Å². The van der Waals surface area contributed by atoms with Crippen LogP contribution in [0.2, 0.25) is 5.02 Å². The zero-order chi connectivity index (χ0) is 27.3. The van der Waals surface area contributed by atoms with Crippen LogP contribution in [0.1, 0.15) is 45.6 Å². The van der Waals surface area contributed by atoms with E-state index in [1.807, 2.05) is 26.8 Å². The van der Waals surface area contributed by atoms with Crippen LogP contribution in [0.3, 0.4) is 0 Å². The number of methoxy groups -OCH3 is 2. The van der Waals surface area contributed by atoms with E-state index < -0.39 is 30.1 Å². The van der Waals surface area contributed by atoms with E-state index in [-0.39, 0.29) is 35.6 Å². The summed E-state index contributed by atoms with van der Waals surface area (Å²) in [6, 6.07) is 3.59. The second-order valence-electron chi connectivity index (χ2n) is 10.1. The zero-order valence-corrected chi connectivity index (χ0v) is 22.7. The summed E-state index contributed by atoms with van der Waals surface area (Å²) in [4.78, 5) is 25.1. The van der Waals surface area contributed by atoms with Crippen molar-refractivity contribution >= 4 is 29.3 Å². The molecule has 0 spiro atoms. The predicted octanol–water partition coefficient (Wildman–Crippen LogP) is 3.96. The van der Waals surface area contributed by atoms with Gasteiger partial charge in [-0.3, -0.25) is 10.1 Å². The number of aliphatic hydroxyl groups excluding tert-OH is 1. The van der Waals surface area contributed by atoms with Crippen LogP contribution in [-0.4, -0.2) is 60.5 Å². The summed E-state index contributed by atoms with van der Waals surface area (Å²) < 4.78 is 16.4. The van der Waals surface area contributed by atoms with Crippen molar-refractivity contribution in [2.75, 3.05) is 19.5 Å². The smallest absolute Gasteiger partial charge is 0.409 e. The second kappa shape index (κ2) is 12.3. The van der Waals surface area contributed by atoms with Gasteiger partial charge in [0.1, 0.15) is 23.0 Å². The van der Waals surface area contributed by atoms with Crippen LogP contribution in [0.15, 0.2) is 35.9 Å². The molecule has 3 rings (SSSR count). The number of fused-ring (bicyclic) bond motifs is 4. The molecule has 204 valence electrons. The molecule has 0 radical (unpaired) electrons. The number of anilines is 1. The fraction of sp³-hybridized carbons (Fsp3) is 0.556. The molecular weight excluding hydrogens is 500 g/mol. The molecular formula is C27H37ClN2O7. The summed E-state index contributed by atoms with van der Waals surface area (Å²) in [7, 11) is 2.97. The van der Waals surface area contributed by atoms with Gasteiger partial charge in [-0.1, -0.05) is 49.2 Å². The van der Waals surface area contributed by atoms with Crippen LogP contribution in [-0.2, 0) is 20.7 Å². The predicted molar refractivity (Wildman–Crippen MR) is 141 cm³/mol. The van der Waals surface area contributed by atoms with Gasteiger partial charge < -0.3 is 29.7 Å². The summed E-state index contributed by atoms with van der Waals surface area (Å²) in [5.74, 6) is -0.444. The monoisotopic (exact) mass is 536 g/mol. The number of rotatable bonds is 2. The number of alkyl carbamates (subject to hydrolysis) is 1. The molecule has 2 aliphatic rings. The number of amides is 2. The summed E-state index contributed by atoms with van der Waals surface area (Å²) in [5, 5.41) is 27.7. The first-order valence-corrected chi connectivity index (χ1v) is 12.8. The highest BCUT2D eigenvalue weighted by Crippen LogP contribution is 2.35. The van der Waals surface area contributed by atoms with Gasteiger partial charge in [-0.05, 0) is 49.3 Å². The first-order chi connectivity index (χ1) is 17.4. The molecule has 6 atom stereocenters. The Hall–Kier alpha value is -2.59. The first kappa shape index (κ1) is 29.0. The molecule has 4 bridgehead atoms. The number of allylic oxidation sites excluding steroid dienone is 3. The molecule has 1 saturated heterocycles. The molecule has 1 fully saturated rings. The van der Waals surface area contributed by atoms with Crippen LogP contribution in [0.25, 0.3) is 0 Å². The lowest BCUT2D eigenvalue weighted by Crippen LogP contribution is -2.63. The SMILES string of the molecule is COc1cc2cc(c1Cl)NC(=O)C[C@H](O)[C@@H](C)C[C@H](C)[C@@H]1C[C@@](O)(NC(=O)O1)[C@H](OC)/C=C/C=C(\C)C2. The molecule has 1 aromatic rings. The van der Waals surface area contributed by atoms with Crippen LogP contribution in [0.4, 0.5) is 10.5 Å². The molecule has 4 N–H and O–H groups in total. The maximum Gasteiger partial charge on any atom is 0.409 e. The van der Waals surface area contributed by atoms with Gasteiger partial charge >= 0.3 is 6.09 Å². The number of carbonyl (C=O) groups excluding carboxylic acids is 2. The lowest BCUT2D eigenvalue weighted by Gasteiger charge is -2.42. The summed E-state index contributed by atoms with van der Waals surface area (Å²) in [6.07, 6.45) is 3.17. The fourth-order valence-electron chi connectivity index (χ4n) is 4.87. The van der Waals surface area contributed by atoms with Gasteiger partial charge in [0.05, 0.1) is 25.3 Å². The van der Waals surface area contributed by atoms with Crippen molar-refractivity contribution in [3.05, 3.63) is 46.5 Å². The van der Waals surface area contributed by atoms with E-state index in [1.54, 1.807) is 24.3 Å². The van der Waals surface area contributed by atoms with Crippen LogP contribution >= 0.6 is 11.6 Å². The maximum absolute atomic E-state index is 12.8. The zero-order valence-electron chi connectivity index (χ0n) is 21.9. The number of halogens is 1. The number of aliphatic hydroxyl groups is 2. The van der Waals surface area contributed by atoms with Gasteiger partial charge in [0.15, 0.2) is 5.72 Å². The van der Waals surface area contributed by atoms with Crippen LogP contribution in [0, 0.1) is 11.8 Å². The second-order valence-corrected chi connectivity index (χ2v) is 10.5. The van der Waals surface area contributed by atoms with Crippen LogP contribution < -0.4 is 15.4 Å². The topological polar surface area (TPSA) is 126 Å². The Morgan fingerprint density at radius 2 is 1.92 bits per heavy atom. The third kappa shape index (κ3) is 7.25. The van der Waals surface area contributed by atoms with E-state index in [2.05, 4.69) is 10.6 Å². The molecule has 0 aliphatic carbocycles. The third-order valence-corrected chi connectivity index (χ3v) is 7.38. The molecule has 0 aromatic heterocycles. The number of nitrogens with one attached hydrogen (secondary N) is 2. The van der Waals surface area contributed by atoms with Gasteiger partial charge in [0, 0.05) is 13.5 Å². The highest BCUT2D eigenvalue weighted by molar-refractivity contribution is 6.35. The van der Waals surface area contributed by atoms with Crippen molar-refractivity contribution in [2.45, 2.75) is 70.5 Å². The molecule has 10 heteroatoms. The summed E-state index contributed by atoms with van der Waals surface area (Å²) in [5.41, 5.74) is 0.568. The minimum absolute atomic E-state index is 0.0961. The number of hydrogen-bond donors (Lipinski definition) is 4. The van der Waals surface area contributed by atoms with Gasteiger partial charge in [0.25, 0.3) is 0 Å². The average molecular weight is 537 g/mol. The molecule has 0 saturated carbocycles. The largest absolute Gasteiger partial charge is 0.495 e. The Kier molecular flexibility index (Phi) is 9.63. The average Bonchev–Trinajstić information content (AvgIpc) is 2.82. The van der Waals surface area contributed by atoms with Crippen LogP contribution in [0.5, 0.6) is 5.75 Å². The van der Waals surface area contributed by atoms with Crippen molar-refractivity contribution in [3.8, 4) is 5.75 Å². The Balaban J connectivity index is 1.99. The quantitative estimate of drug-likeness (QED) is 0.450. The molecule has 9 nitrogen and oxygen atoms in total. The molecule has 37 heavy (non-hydrogen) atoms. The third-order valence-electron chi connectivity index (χ3n) is 6.99. The van der Waals surface area contributed by atoms with Crippen molar-refractivity contribution < 1.29 is 34.0 Å². The highest BCUT2D eigenvalue weighted by atomic mass is 35.5. The Morgan fingerprint density at radius 3 is 2.59 bits per heavy atom. The molecule has 2 aliphatic heterocycles. The number of benzene rings is 1. The van der Waals surface area contributed by atoms with Gasteiger partial charge in [-0.2, -0.15) is 0 Å². The van der Waals surface area contributed by atoms with Gasteiger partial charge in [-0.25, -0.2) is 4.79 Å². The van der Waals surface area contributed by atoms with E-state index >= 15 is 0 Å². The molecule has 0 unspecified atom stereocenters. The summed E-state index contributed by atoms with van der Waals surface area (Å²) >= 11 is 6.45. The standard InChI is InChI=1S/C27H37ClN2O7/c1-15-7-6-8-23(36-5)27(34)14-22(37-26(33)30-27)17(3)10-16(2)20(31)13-24(32)29-19-11-18(9-15)12-21(35-4)25(19)28/h6-8,11-12,16-17,20,22-23,31,34H,9-10,13-14H2,1-5H3,(H,29,32)(H,30,33)/b8-6+,15-7+/t16-,17-,20-,22-,23+,27-/m0/s1. The van der Waals surface area contributed by atoms with Crippen molar-refractivity contribution in [3.63, 3.8) is 0 Å². The van der Waals surface area contributed by atoms with Crippen molar-refractivity contribution in [1.82, 2.24) is 5.32 Å².